The molecule has 3 rings (SSSR count). The van der Waals surface area contributed by atoms with E-state index in [1.807, 2.05) is 12.1 Å². The number of rotatable bonds is 2. The van der Waals surface area contributed by atoms with Gasteiger partial charge in [-0.3, -0.25) is 14.8 Å². The summed E-state index contributed by atoms with van der Waals surface area (Å²) < 4.78 is 0. The Morgan fingerprint density at radius 1 is 1.23 bits per heavy atom. The Kier molecular flexibility index (Phi) is 4.24. The number of nitrogens with zero attached hydrogens (tertiary/aromatic N) is 3. The van der Waals surface area contributed by atoms with Crippen molar-refractivity contribution in [2.45, 2.75) is 18.8 Å². The van der Waals surface area contributed by atoms with Crippen molar-refractivity contribution < 1.29 is 9.90 Å². The van der Waals surface area contributed by atoms with Gasteiger partial charge in [0.25, 0.3) is 5.91 Å². The number of hydrogen-bond acceptors (Lipinski definition) is 4. The van der Waals surface area contributed by atoms with Crippen molar-refractivity contribution in [2.75, 3.05) is 13.1 Å². The molecule has 1 aliphatic rings. The van der Waals surface area contributed by atoms with Crippen LogP contribution in [0.5, 0.6) is 5.75 Å². The van der Waals surface area contributed by atoms with Crippen molar-refractivity contribution >= 4 is 17.5 Å². The minimum atomic E-state index is -0.0917. The predicted octanol–water partition coefficient (Wildman–Crippen LogP) is 2.86. The summed E-state index contributed by atoms with van der Waals surface area (Å²) in [4.78, 5) is 22.4. The molecule has 3 heterocycles. The highest BCUT2D eigenvalue weighted by Gasteiger charge is 2.25. The maximum atomic E-state index is 12.4. The van der Waals surface area contributed by atoms with Crippen LogP contribution in [0.15, 0.2) is 36.8 Å². The summed E-state index contributed by atoms with van der Waals surface area (Å²) in [6, 6.07) is 5.24. The molecule has 6 heteroatoms. The zero-order valence-corrected chi connectivity index (χ0v) is 12.7. The van der Waals surface area contributed by atoms with E-state index in [1.165, 1.54) is 18.5 Å². The molecule has 1 saturated heterocycles. The number of hydrogen-bond donors (Lipinski definition) is 1. The van der Waals surface area contributed by atoms with Crippen molar-refractivity contribution in [1.82, 2.24) is 14.9 Å². The Morgan fingerprint density at radius 3 is 2.64 bits per heavy atom. The number of aromatic nitrogens is 2. The van der Waals surface area contributed by atoms with E-state index in [2.05, 4.69) is 9.97 Å². The maximum Gasteiger partial charge on any atom is 0.255 e. The van der Waals surface area contributed by atoms with Crippen LogP contribution in [0.25, 0.3) is 0 Å². The lowest BCUT2D eigenvalue weighted by molar-refractivity contribution is 0.0711. The van der Waals surface area contributed by atoms with Crippen LogP contribution < -0.4 is 0 Å². The molecule has 114 valence electrons. The van der Waals surface area contributed by atoms with Gasteiger partial charge in [0.1, 0.15) is 5.75 Å². The van der Waals surface area contributed by atoms with E-state index < -0.39 is 0 Å². The lowest BCUT2D eigenvalue weighted by atomic mass is 9.93. The van der Waals surface area contributed by atoms with Crippen molar-refractivity contribution in [2.24, 2.45) is 0 Å². The summed E-state index contributed by atoms with van der Waals surface area (Å²) in [5.41, 5.74) is 1.44. The zero-order valence-electron chi connectivity index (χ0n) is 11.9. The van der Waals surface area contributed by atoms with Gasteiger partial charge in [-0.1, -0.05) is 11.6 Å². The van der Waals surface area contributed by atoms with E-state index in [4.69, 9.17) is 11.6 Å². The van der Waals surface area contributed by atoms with Gasteiger partial charge >= 0.3 is 0 Å². The standard InChI is InChI=1S/C16H16ClN3O2/c17-13-1-2-15(19-9-13)11-3-5-20(6-4-11)16(22)12-7-14(21)10-18-8-12/h1-2,7-11,21H,3-6H2. The number of amides is 1. The molecule has 2 aromatic rings. The quantitative estimate of drug-likeness (QED) is 0.925. The van der Waals surface area contributed by atoms with E-state index in [9.17, 15) is 9.90 Å². The predicted molar refractivity (Wildman–Crippen MR) is 83.0 cm³/mol. The van der Waals surface area contributed by atoms with Gasteiger partial charge in [-0.25, -0.2) is 0 Å². The monoisotopic (exact) mass is 317 g/mol. The Morgan fingerprint density at radius 2 is 2.00 bits per heavy atom. The molecular weight excluding hydrogens is 302 g/mol. The molecule has 0 spiro atoms. The van der Waals surface area contributed by atoms with Gasteiger partial charge in [-0.2, -0.15) is 0 Å². The van der Waals surface area contributed by atoms with Gasteiger partial charge in [0.05, 0.1) is 16.8 Å². The Labute approximate surface area is 133 Å². The number of carbonyl (C=O) groups is 1. The highest BCUT2D eigenvalue weighted by atomic mass is 35.5. The van der Waals surface area contributed by atoms with Crippen LogP contribution in [-0.4, -0.2) is 39.0 Å². The van der Waals surface area contributed by atoms with Gasteiger partial charge in [-0.15, -0.1) is 0 Å². The summed E-state index contributed by atoms with van der Waals surface area (Å²) in [5, 5.41) is 10.1. The first kappa shape index (κ1) is 14.8. The normalized spacial score (nSPS) is 15.8. The third-order valence-electron chi connectivity index (χ3n) is 3.92. The summed E-state index contributed by atoms with van der Waals surface area (Å²) in [5.74, 6) is 0.264. The molecule has 0 bridgehead atoms. The SMILES string of the molecule is O=C(c1cncc(O)c1)N1CCC(c2ccc(Cl)cn2)CC1. The van der Waals surface area contributed by atoms with Crippen LogP contribution in [0, 0.1) is 0 Å². The number of halogens is 1. The third-order valence-corrected chi connectivity index (χ3v) is 4.15. The van der Waals surface area contributed by atoms with Crippen LogP contribution in [0.1, 0.15) is 34.8 Å². The minimum absolute atomic E-state index is 0.00565. The number of pyridine rings is 2. The summed E-state index contributed by atoms with van der Waals surface area (Å²) in [7, 11) is 0. The van der Waals surface area contributed by atoms with E-state index in [1.54, 1.807) is 11.1 Å². The molecule has 1 amide bonds. The average Bonchev–Trinajstić information content (AvgIpc) is 2.55. The van der Waals surface area contributed by atoms with Crippen molar-refractivity contribution in [1.29, 1.82) is 0 Å². The zero-order chi connectivity index (χ0) is 15.5. The topological polar surface area (TPSA) is 66.3 Å². The molecule has 0 aliphatic carbocycles. The highest BCUT2D eigenvalue weighted by molar-refractivity contribution is 6.30. The number of piperidine rings is 1. The van der Waals surface area contributed by atoms with E-state index in [0.29, 0.717) is 29.6 Å². The minimum Gasteiger partial charge on any atom is -0.506 e. The molecule has 1 aliphatic heterocycles. The fraction of sp³-hybridized carbons (Fsp3) is 0.312. The van der Waals surface area contributed by atoms with Crippen LogP contribution in [0.2, 0.25) is 5.02 Å². The lowest BCUT2D eigenvalue weighted by Crippen LogP contribution is -2.38. The third kappa shape index (κ3) is 3.20. The first-order valence-corrected chi connectivity index (χ1v) is 7.56. The Balaban J connectivity index is 1.64. The second kappa shape index (κ2) is 6.32. The Hall–Kier alpha value is -2.14. The molecule has 2 aromatic heterocycles. The molecule has 0 aromatic carbocycles. The molecule has 0 unspecified atom stereocenters. The van der Waals surface area contributed by atoms with Gasteiger partial charge in [-0.05, 0) is 31.0 Å². The van der Waals surface area contributed by atoms with Crippen molar-refractivity contribution in [3.63, 3.8) is 0 Å². The average molecular weight is 318 g/mol. The second-order valence-electron chi connectivity index (χ2n) is 5.40. The molecule has 1 fully saturated rings. The molecule has 0 atom stereocenters. The maximum absolute atomic E-state index is 12.4. The number of likely N-dealkylation sites (tertiary alicyclic amines) is 1. The van der Waals surface area contributed by atoms with Gasteiger partial charge in [0.15, 0.2) is 0 Å². The van der Waals surface area contributed by atoms with E-state index >= 15 is 0 Å². The molecule has 5 nitrogen and oxygen atoms in total. The van der Waals surface area contributed by atoms with E-state index in [-0.39, 0.29) is 11.7 Å². The van der Waals surface area contributed by atoms with Gasteiger partial charge in [0, 0.05) is 37.1 Å². The first-order valence-electron chi connectivity index (χ1n) is 7.18. The van der Waals surface area contributed by atoms with E-state index in [0.717, 1.165) is 18.5 Å². The van der Waals surface area contributed by atoms with Crippen LogP contribution in [0.3, 0.4) is 0 Å². The fourth-order valence-corrected chi connectivity index (χ4v) is 2.85. The molecule has 0 radical (unpaired) electrons. The van der Waals surface area contributed by atoms with Crippen LogP contribution in [0.4, 0.5) is 0 Å². The Bertz CT molecular complexity index is 667. The number of aromatic hydroxyl groups is 1. The fourth-order valence-electron chi connectivity index (χ4n) is 2.73. The second-order valence-corrected chi connectivity index (χ2v) is 5.84. The van der Waals surface area contributed by atoms with Crippen LogP contribution >= 0.6 is 11.6 Å². The smallest absolute Gasteiger partial charge is 0.255 e. The largest absolute Gasteiger partial charge is 0.506 e. The lowest BCUT2D eigenvalue weighted by Gasteiger charge is -2.31. The number of carbonyl (C=O) groups excluding carboxylic acids is 1. The van der Waals surface area contributed by atoms with Crippen molar-refractivity contribution in [3.05, 3.63) is 53.1 Å². The molecule has 1 N–H and O–H groups in total. The molecular formula is C16H16ClN3O2. The summed E-state index contributed by atoms with van der Waals surface area (Å²) >= 11 is 5.85. The van der Waals surface area contributed by atoms with Gasteiger partial charge < -0.3 is 10.0 Å². The molecule has 0 saturated carbocycles. The summed E-state index contributed by atoms with van der Waals surface area (Å²) in [6.07, 6.45) is 6.19. The first-order chi connectivity index (χ1) is 10.6. The van der Waals surface area contributed by atoms with Gasteiger partial charge in [0.2, 0.25) is 0 Å². The van der Waals surface area contributed by atoms with Crippen LogP contribution in [-0.2, 0) is 0 Å². The summed E-state index contributed by atoms with van der Waals surface area (Å²) in [6.45, 7) is 1.34. The highest BCUT2D eigenvalue weighted by Crippen LogP contribution is 2.28. The molecule has 22 heavy (non-hydrogen) atoms. The van der Waals surface area contributed by atoms with Crippen molar-refractivity contribution in [3.8, 4) is 5.75 Å².